The lowest BCUT2D eigenvalue weighted by Gasteiger charge is -2.20. The molecule has 153 valence electrons. The molecule has 0 bridgehead atoms. The summed E-state index contributed by atoms with van der Waals surface area (Å²) in [6.07, 6.45) is 6.28. The van der Waals surface area contributed by atoms with Gasteiger partial charge in [-0.05, 0) is 76.1 Å². The lowest BCUT2D eigenvalue weighted by molar-refractivity contribution is 0.545. The van der Waals surface area contributed by atoms with E-state index in [9.17, 15) is 0 Å². The Morgan fingerprint density at radius 2 is 1.33 bits per heavy atom. The summed E-state index contributed by atoms with van der Waals surface area (Å²) in [7, 11) is 0. The molecule has 30 heavy (non-hydrogen) atoms. The Balaban J connectivity index is 1.62. The van der Waals surface area contributed by atoms with Crippen LogP contribution in [0.5, 0.6) is 0 Å². The first-order valence-electron chi connectivity index (χ1n) is 10.8. The summed E-state index contributed by atoms with van der Waals surface area (Å²) in [5, 5.41) is 9.86. The van der Waals surface area contributed by atoms with Crippen molar-refractivity contribution in [3.8, 4) is 11.3 Å². The first-order chi connectivity index (χ1) is 14.2. The van der Waals surface area contributed by atoms with Gasteiger partial charge in [-0.3, -0.25) is 0 Å². The molecule has 0 spiro atoms. The van der Waals surface area contributed by atoms with Crippen molar-refractivity contribution >= 4 is 12.7 Å². The van der Waals surface area contributed by atoms with Crippen molar-refractivity contribution in [1.29, 1.82) is 0 Å². The van der Waals surface area contributed by atoms with Crippen LogP contribution in [0.25, 0.3) is 11.3 Å². The van der Waals surface area contributed by atoms with Gasteiger partial charge in [-0.1, -0.05) is 35.4 Å². The van der Waals surface area contributed by atoms with E-state index in [4.69, 9.17) is 10.2 Å². The van der Waals surface area contributed by atoms with Crippen LogP contribution >= 0.6 is 0 Å². The maximum absolute atomic E-state index is 4.93. The Morgan fingerprint density at radius 3 is 1.90 bits per heavy atom. The van der Waals surface area contributed by atoms with Gasteiger partial charge in [0.15, 0.2) is 0 Å². The SMILES string of the molecule is C[BH-](N1C=CC(c2c(C)cc(C)cc2C)=[N+]1)n1ccc(-c2c(C)cc(C)cc2C)n1. The lowest BCUT2D eigenvalue weighted by Crippen LogP contribution is -2.40. The van der Waals surface area contributed by atoms with Crippen LogP contribution in [-0.4, -0.2) is 27.3 Å². The van der Waals surface area contributed by atoms with E-state index in [0.29, 0.717) is 0 Å². The average molecular weight is 397 g/mol. The number of hydrogen-bond donors (Lipinski definition) is 0. The van der Waals surface area contributed by atoms with Gasteiger partial charge in [0.2, 0.25) is 0 Å². The number of rotatable bonds is 4. The summed E-state index contributed by atoms with van der Waals surface area (Å²) in [6.45, 7) is 14.2. The van der Waals surface area contributed by atoms with Gasteiger partial charge in [-0.25, -0.2) is 10.0 Å². The summed E-state index contributed by atoms with van der Waals surface area (Å²) in [5.41, 5.74) is 12.2. The highest BCUT2D eigenvalue weighted by atomic mass is 15.5. The Labute approximate surface area is 180 Å². The van der Waals surface area contributed by atoms with Crippen molar-refractivity contribution in [3.63, 3.8) is 0 Å². The second-order valence-corrected chi connectivity index (χ2v) is 8.80. The van der Waals surface area contributed by atoms with E-state index in [1.54, 1.807) is 0 Å². The summed E-state index contributed by atoms with van der Waals surface area (Å²) < 4.78 is 2.07. The molecule has 3 aromatic rings. The fourth-order valence-electron chi connectivity index (χ4n) is 4.82. The van der Waals surface area contributed by atoms with E-state index in [1.165, 1.54) is 44.5 Å². The van der Waals surface area contributed by atoms with Gasteiger partial charge in [0.25, 0.3) is 6.98 Å². The van der Waals surface area contributed by atoms with Crippen LogP contribution in [-0.2, 0) is 0 Å². The topological polar surface area (TPSA) is 35.2 Å². The summed E-state index contributed by atoms with van der Waals surface area (Å²) in [5.74, 6) is 0. The monoisotopic (exact) mass is 397 g/mol. The van der Waals surface area contributed by atoms with Gasteiger partial charge in [-0.15, -0.1) is 6.82 Å². The van der Waals surface area contributed by atoms with Gasteiger partial charge >= 0.3 is 5.71 Å². The lowest BCUT2D eigenvalue weighted by atomic mass is 9.80. The number of aryl methyl sites for hydroxylation is 6. The highest BCUT2D eigenvalue weighted by Crippen LogP contribution is 2.27. The largest absolute Gasteiger partial charge is 0.420 e. The average Bonchev–Trinajstić information content (AvgIpc) is 3.29. The molecule has 2 heterocycles. The normalized spacial score (nSPS) is 14.4. The number of allylic oxidation sites excluding steroid dienone is 1. The molecule has 1 radical (unpaired) electrons. The number of hydrogen-bond acceptors (Lipinski definition) is 3. The van der Waals surface area contributed by atoms with E-state index in [2.05, 4.69) is 107 Å². The van der Waals surface area contributed by atoms with Crippen molar-refractivity contribution in [2.75, 3.05) is 0 Å². The third kappa shape index (κ3) is 3.60. The standard InChI is InChI=1S/C25H30BN4/c1-16-12-18(3)24(19(4)13-16)22-8-10-29(27-22)26(7)30-11-9-23(28-30)25-20(5)14-17(2)15-21(25)6/h8-15,26H,1-7H3. The van der Waals surface area contributed by atoms with E-state index < -0.39 is 6.98 Å². The molecule has 1 aliphatic heterocycles. The molecule has 0 amide bonds. The van der Waals surface area contributed by atoms with Crippen LogP contribution in [0.4, 0.5) is 0 Å². The highest BCUT2D eigenvalue weighted by molar-refractivity contribution is 6.52. The molecular weight excluding hydrogens is 367 g/mol. The van der Waals surface area contributed by atoms with Gasteiger partial charge in [0.1, 0.15) is 5.10 Å². The van der Waals surface area contributed by atoms with Crippen molar-refractivity contribution in [2.45, 2.75) is 48.4 Å². The summed E-state index contributed by atoms with van der Waals surface area (Å²) in [6, 6.07) is 11.0. The zero-order valence-corrected chi connectivity index (χ0v) is 19.1. The minimum Gasteiger partial charge on any atom is -0.420 e. The van der Waals surface area contributed by atoms with Crippen LogP contribution in [0.15, 0.2) is 48.8 Å². The molecule has 4 nitrogen and oxygen atoms in total. The fourth-order valence-corrected chi connectivity index (χ4v) is 4.82. The smallest absolute Gasteiger partial charge is 0.314 e. The van der Waals surface area contributed by atoms with Crippen LogP contribution < -0.4 is 5.10 Å². The van der Waals surface area contributed by atoms with E-state index in [-0.39, 0.29) is 0 Å². The maximum Gasteiger partial charge on any atom is 0.314 e. The quantitative estimate of drug-likeness (QED) is 0.600. The molecule has 1 atom stereocenters. The number of aromatic nitrogens is 2. The predicted octanol–water partition coefficient (Wildman–Crippen LogP) is 4.67. The number of nitrogens with zero attached hydrogens (tertiary/aromatic N) is 4. The molecule has 0 saturated carbocycles. The van der Waals surface area contributed by atoms with Crippen molar-refractivity contribution in [3.05, 3.63) is 87.7 Å². The molecule has 0 saturated heterocycles. The Kier molecular flexibility index (Phi) is 5.14. The van der Waals surface area contributed by atoms with Gasteiger partial charge in [-0.2, -0.15) is 0 Å². The van der Waals surface area contributed by atoms with Crippen LogP contribution in [0.3, 0.4) is 0 Å². The van der Waals surface area contributed by atoms with E-state index >= 15 is 0 Å². The number of benzene rings is 2. The zero-order chi connectivity index (χ0) is 21.6. The summed E-state index contributed by atoms with van der Waals surface area (Å²) >= 11 is 0. The molecule has 1 aliphatic rings. The van der Waals surface area contributed by atoms with Crippen molar-refractivity contribution < 1.29 is 0 Å². The molecule has 4 rings (SSSR count). The minimum atomic E-state index is -0.961. The molecule has 0 aliphatic carbocycles. The molecule has 1 aromatic heterocycles. The first-order valence-corrected chi connectivity index (χ1v) is 10.8. The number of hydrazone groups is 1. The molecule has 0 fully saturated rings. The highest BCUT2D eigenvalue weighted by Gasteiger charge is 2.27. The van der Waals surface area contributed by atoms with Crippen molar-refractivity contribution in [2.24, 2.45) is 0 Å². The summed E-state index contributed by atoms with van der Waals surface area (Å²) in [4.78, 5) is 2.07. The Bertz CT molecular complexity index is 1140. The van der Waals surface area contributed by atoms with E-state index in [0.717, 1.165) is 11.4 Å². The molecule has 2 aromatic carbocycles. The first kappa shape index (κ1) is 20.2. The predicted molar refractivity (Wildman–Crippen MR) is 128 cm³/mol. The van der Waals surface area contributed by atoms with Gasteiger partial charge < -0.3 is 4.59 Å². The van der Waals surface area contributed by atoms with Gasteiger partial charge in [0.05, 0.1) is 11.3 Å². The minimum absolute atomic E-state index is 0.961. The molecule has 0 N–H and O–H groups in total. The third-order valence-electron chi connectivity index (χ3n) is 6.09. The zero-order valence-electron chi connectivity index (χ0n) is 19.1. The van der Waals surface area contributed by atoms with Crippen LogP contribution in [0, 0.1) is 41.5 Å². The fraction of sp³-hybridized carbons (Fsp3) is 0.280. The van der Waals surface area contributed by atoms with Crippen molar-refractivity contribution in [1.82, 2.24) is 19.7 Å². The Morgan fingerprint density at radius 1 is 0.800 bits per heavy atom. The van der Waals surface area contributed by atoms with Crippen LogP contribution in [0.1, 0.15) is 38.9 Å². The maximum atomic E-state index is 4.93. The van der Waals surface area contributed by atoms with E-state index in [1.807, 2.05) is 0 Å². The van der Waals surface area contributed by atoms with Gasteiger partial charge in [0, 0.05) is 17.8 Å². The molecule has 5 heteroatoms. The second kappa shape index (κ2) is 7.64. The van der Waals surface area contributed by atoms with Crippen LogP contribution in [0.2, 0.25) is 6.82 Å². The Hall–Kier alpha value is -3.08. The third-order valence-corrected chi connectivity index (χ3v) is 6.09. The molecular formula is C25H30BN4. The second-order valence-electron chi connectivity index (χ2n) is 8.80. The molecule has 1 unspecified atom stereocenters.